The zero-order valence-electron chi connectivity index (χ0n) is 13.3. The standard InChI is InChI=1S/C16H15Cl2N5O2/c1-24-14-4-2-3-11(8-19-16-20-22-23-21-16)15(14)25-9-10-5-6-12(17)13(18)7-10/h2-7H,8-9H2,1H3,(H2,19,20,21,22,23). The Hall–Kier alpha value is -2.51. The highest BCUT2D eigenvalue weighted by atomic mass is 35.5. The first kappa shape index (κ1) is 17.3. The van der Waals surface area contributed by atoms with Crippen LogP contribution in [0.5, 0.6) is 11.5 Å². The van der Waals surface area contributed by atoms with Gasteiger partial charge in [0, 0.05) is 12.1 Å². The lowest BCUT2D eigenvalue weighted by Crippen LogP contribution is -2.06. The Bertz CT molecular complexity index is 843. The van der Waals surface area contributed by atoms with E-state index in [4.69, 9.17) is 32.7 Å². The van der Waals surface area contributed by atoms with Crippen LogP contribution in [0.15, 0.2) is 36.4 Å². The molecule has 1 aromatic heterocycles. The lowest BCUT2D eigenvalue weighted by Gasteiger charge is -2.15. The lowest BCUT2D eigenvalue weighted by atomic mass is 10.1. The fraction of sp³-hybridized carbons (Fsp3) is 0.188. The van der Waals surface area contributed by atoms with E-state index in [1.807, 2.05) is 24.3 Å². The van der Waals surface area contributed by atoms with Gasteiger partial charge in [-0.1, -0.05) is 46.5 Å². The van der Waals surface area contributed by atoms with Crippen molar-refractivity contribution in [1.82, 2.24) is 20.6 Å². The van der Waals surface area contributed by atoms with Crippen molar-refractivity contribution < 1.29 is 9.47 Å². The van der Waals surface area contributed by atoms with Crippen molar-refractivity contribution in [3.63, 3.8) is 0 Å². The molecule has 0 saturated carbocycles. The highest BCUT2D eigenvalue weighted by Crippen LogP contribution is 2.32. The number of rotatable bonds is 7. The monoisotopic (exact) mass is 379 g/mol. The number of halogens is 2. The third-order valence-electron chi connectivity index (χ3n) is 3.43. The van der Waals surface area contributed by atoms with Crippen molar-refractivity contribution in [1.29, 1.82) is 0 Å². The normalized spacial score (nSPS) is 10.5. The molecule has 7 nitrogen and oxygen atoms in total. The lowest BCUT2D eigenvalue weighted by molar-refractivity contribution is 0.281. The molecular formula is C16H15Cl2N5O2. The van der Waals surface area contributed by atoms with Crippen LogP contribution in [0.4, 0.5) is 5.95 Å². The summed E-state index contributed by atoms with van der Waals surface area (Å²) in [6.45, 7) is 0.778. The van der Waals surface area contributed by atoms with E-state index in [1.54, 1.807) is 19.2 Å². The minimum atomic E-state index is 0.326. The fourth-order valence-corrected chi connectivity index (χ4v) is 2.54. The predicted molar refractivity (Wildman–Crippen MR) is 95.3 cm³/mol. The van der Waals surface area contributed by atoms with Crippen LogP contribution in [0.25, 0.3) is 0 Å². The molecule has 0 bridgehead atoms. The van der Waals surface area contributed by atoms with Gasteiger partial charge in [-0.05, 0) is 29.0 Å². The molecule has 0 saturated heterocycles. The molecule has 2 N–H and O–H groups in total. The first-order valence-corrected chi connectivity index (χ1v) is 8.13. The Balaban J connectivity index is 1.76. The maximum absolute atomic E-state index is 6.05. The summed E-state index contributed by atoms with van der Waals surface area (Å²) in [7, 11) is 1.59. The van der Waals surface area contributed by atoms with Crippen LogP contribution in [0.3, 0.4) is 0 Å². The van der Waals surface area contributed by atoms with E-state index in [1.165, 1.54) is 0 Å². The van der Waals surface area contributed by atoms with Gasteiger partial charge < -0.3 is 14.8 Å². The molecule has 0 aliphatic carbocycles. The summed E-state index contributed by atoms with van der Waals surface area (Å²) in [6, 6.07) is 11.0. The maximum Gasteiger partial charge on any atom is 0.263 e. The SMILES string of the molecule is COc1cccc(CNc2nn[nH]n2)c1OCc1ccc(Cl)c(Cl)c1. The molecule has 0 unspecified atom stereocenters. The van der Waals surface area contributed by atoms with Crippen LogP contribution in [-0.2, 0) is 13.2 Å². The first-order valence-electron chi connectivity index (χ1n) is 7.37. The van der Waals surface area contributed by atoms with Crippen molar-refractivity contribution in [2.24, 2.45) is 0 Å². The van der Waals surface area contributed by atoms with E-state index in [0.717, 1.165) is 11.1 Å². The molecule has 0 aliphatic heterocycles. The molecule has 0 atom stereocenters. The van der Waals surface area contributed by atoms with Gasteiger partial charge >= 0.3 is 0 Å². The highest BCUT2D eigenvalue weighted by Gasteiger charge is 2.12. The largest absolute Gasteiger partial charge is 0.493 e. The number of methoxy groups -OCH3 is 1. The van der Waals surface area contributed by atoms with Gasteiger partial charge in [0.05, 0.1) is 17.2 Å². The van der Waals surface area contributed by atoms with Crippen molar-refractivity contribution in [3.8, 4) is 11.5 Å². The number of para-hydroxylation sites is 1. The number of hydrogen-bond acceptors (Lipinski definition) is 6. The number of aromatic nitrogens is 4. The van der Waals surface area contributed by atoms with Crippen molar-refractivity contribution in [2.45, 2.75) is 13.2 Å². The number of nitrogens with zero attached hydrogens (tertiary/aromatic N) is 3. The van der Waals surface area contributed by atoms with Crippen molar-refractivity contribution >= 4 is 29.2 Å². The second-order valence-electron chi connectivity index (χ2n) is 5.07. The molecule has 2 aromatic carbocycles. The number of H-pyrrole nitrogens is 1. The van der Waals surface area contributed by atoms with Gasteiger partial charge in [-0.25, -0.2) is 0 Å². The average Bonchev–Trinajstić information content (AvgIpc) is 3.14. The molecule has 0 amide bonds. The smallest absolute Gasteiger partial charge is 0.263 e. The summed E-state index contributed by atoms with van der Waals surface area (Å²) in [5, 5.41) is 17.7. The number of aromatic amines is 1. The summed E-state index contributed by atoms with van der Waals surface area (Å²) < 4.78 is 11.4. The van der Waals surface area contributed by atoms with E-state index in [2.05, 4.69) is 25.9 Å². The highest BCUT2D eigenvalue weighted by molar-refractivity contribution is 6.42. The molecule has 3 aromatic rings. The topological polar surface area (TPSA) is 85.0 Å². The number of ether oxygens (including phenoxy) is 2. The van der Waals surface area contributed by atoms with E-state index in [9.17, 15) is 0 Å². The Morgan fingerprint density at radius 1 is 1.16 bits per heavy atom. The zero-order valence-corrected chi connectivity index (χ0v) is 14.8. The molecule has 0 fully saturated rings. The first-order chi connectivity index (χ1) is 12.2. The Labute approximate surface area is 154 Å². The minimum Gasteiger partial charge on any atom is -0.493 e. The van der Waals surface area contributed by atoms with Crippen LogP contribution < -0.4 is 14.8 Å². The second kappa shape index (κ2) is 8.04. The van der Waals surface area contributed by atoms with Gasteiger partial charge in [-0.2, -0.15) is 5.21 Å². The van der Waals surface area contributed by atoms with Gasteiger partial charge in [-0.15, -0.1) is 5.10 Å². The number of tetrazole rings is 1. The second-order valence-corrected chi connectivity index (χ2v) is 5.89. The van der Waals surface area contributed by atoms with E-state index < -0.39 is 0 Å². The van der Waals surface area contributed by atoms with Crippen LogP contribution in [0.1, 0.15) is 11.1 Å². The number of nitrogens with one attached hydrogen (secondary N) is 2. The summed E-state index contributed by atoms with van der Waals surface area (Å²) >= 11 is 12.0. The third kappa shape index (κ3) is 4.32. The molecule has 0 radical (unpaired) electrons. The van der Waals surface area contributed by atoms with Crippen LogP contribution in [0, 0.1) is 0 Å². The van der Waals surface area contributed by atoms with Gasteiger partial charge in [0.15, 0.2) is 11.5 Å². The van der Waals surface area contributed by atoms with Crippen LogP contribution in [-0.4, -0.2) is 27.7 Å². The van der Waals surface area contributed by atoms with E-state index >= 15 is 0 Å². The number of hydrogen-bond donors (Lipinski definition) is 2. The van der Waals surface area contributed by atoms with Crippen molar-refractivity contribution in [2.75, 3.05) is 12.4 Å². The van der Waals surface area contributed by atoms with E-state index in [0.29, 0.717) is 40.6 Å². The van der Waals surface area contributed by atoms with Crippen LogP contribution in [0.2, 0.25) is 10.0 Å². The van der Waals surface area contributed by atoms with Gasteiger partial charge in [0.1, 0.15) is 6.61 Å². The molecule has 1 heterocycles. The minimum absolute atomic E-state index is 0.326. The molecule has 3 rings (SSSR count). The molecule has 0 spiro atoms. The van der Waals surface area contributed by atoms with Crippen LogP contribution >= 0.6 is 23.2 Å². The summed E-state index contributed by atoms with van der Waals surface area (Å²) in [5.41, 5.74) is 1.79. The zero-order chi connectivity index (χ0) is 17.6. The Morgan fingerprint density at radius 3 is 2.76 bits per heavy atom. The molecular weight excluding hydrogens is 365 g/mol. The quantitative estimate of drug-likeness (QED) is 0.650. The Kier molecular flexibility index (Phi) is 5.57. The molecule has 130 valence electrons. The molecule has 0 aliphatic rings. The number of benzene rings is 2. The summed E-state index contributed by atoms with van der Waals surface area (Å²) in [6.07, 6.45) is 0. The average molecular weight is 380 g/mol. The maximum atomic E-state index is 6.05. The number of anilines is 1. The van der Waals surface area contributed by atoms with Gasteiger partial charge in [0.2, 0.25) is 0 Å². The molecule has 9 heteroatoms. The fourth-order valence-electron chi connectivity index (χ4n) is 2.22. The summed E-state index contributed by atoms with van der Waals surface area (Å²) in [4.78, 5) is 0. The summed E-state index contributed by atoms with van der Waals surface area (Å²) in [5.74, 6) is 1.66. The van der Waals surface area contributed by atoms with Gasteiger partial charge in [-0.3, -0.25) is 0 Å². The van der Waals surface area contributed by atoms with E-state index in [-0.39, 0.29) is 0 Å². The van der Waals surface area contributed by atoms with Crippen molar-refractivity contribution in [3.05, 3.63) is 57.6 Å². The molecule has 25 heavy (non-hydrogen) atoms. The Morgan fingerprint density at radius 2 is 2.04 bits per heavy atom. The van der Waals surface area contributed by atoms with Gasteiger partial charge in [0.25, 0.3) is 5.95 Å². The third-order valence-corrected chi connectivity index (χ3v) is 4.17. The predicted octanol–water partition coefficient (Wildman–Crippen LogP) is 3.71.